The normalized spacial score (nSPS) is 16.7. The Labute approximate surface area is 111 Å². The second-order valence-corrected chi connectivity index (χ2v) is 4.96. The van der Waals surface area contributed by atoms with E-state index in [1.165, 1.54) is 7.11 Å². The minimum absolute atomic E-state index is 0.0295. The van der Waals surface area contributed by atoms with Crippen LogP contribution in [0.4, 0.5) is 0 Å². The summed E-state index contributed by atoms with van der Waals surface area (Å²) in [6.45, 7) is 0. The van der Waals surface area contributed by atoms with Crippen LogP contribution >= 0.6 is 11.6 Å². The van der Waals surface area contributed by atoms with Crippen molar-refractivity contribution in [3.63, 3.8) is 0 Å². The van der Waals surface area contributed by atoms with Crippen molar-refractivity contribution in [3.8, 4) is 5.75 Å². The first-order chi connectivity index (χ1) is 8.61. The van der Waals surface area contributed by atoms with Crippen LogP contribution < -0.4 is 4.74 Å². The molecule has 18 heavy (non-hydrogen) atoms. The molecule has 96 valence electrons. The van der Waals surface area contributed by atoms with Gasteiger partial charge in [0.1, 0.15) is 11.5 Å². The average Bonchev–Trinajstić information content (AvgIpc) is 2.39. The van der Waals surface area contributed by atoms with Gasteiger partial charge in [-0.3, -0.25) is 9.59 Å². The maximum Gasteiger partial charge on any atom is 0.169 e. The number of carbonyl (C=O) groups excluding carboxylic acids is 2. The number of ketones is 2. The molecule has 1 aliphatic carbocycles. The first kappa shape index (κ1) is 13.1. The molecule has 0 bridgehead atoms. The Kier molecular flexibility index (Phi) is 4.02. The standard InChI is InChI=1S/C14H15ClO3/c1-18-13-7-4-10(15)8-12(13)14(17)9-2-5-11(16)6-3-9/h4,7-9H,2-3,5-6H2,1H3. The van der Waals surface area contributed by atoms with E-state index in [0.717, 1.165) is 0 Å². The topological polar surface area (TPSA) is 43.4 Å². The molecule has 0 heterocycles. The first-order valence-electron chi connectivity index (χ1n) is 6.01. The number of Topliss-reactive ketones (excluding diaryl/α,β-unsaturated/α-hetero) is 2. The monoisotopic (exact) mass is 266 g/mol. The highest BCUT2D eigenvalue weighted by atomic mass is 35.5. The van der Waals surface area contributed by atoms with Gasteiger partial charge in [-0.05, 0) is 31.0 Å². The van der Waals surface area contributed by atoms with Gasteiger partial charge in [0.2, 0.25) is 0 Å². The van der Waals surface area contributed by atoms with Gasteiger partial charge in [-0.2, -0.15) is 0 Å². The summed E-state index contributed by atoms with van der Waals surface area (Å²) in [6, 6.07) is 5.03. The van der Waals surface area contributed by atoms with Crippen LogP contribution in [0.5, 0.6) is 5.75 Å². The predicted molar refractivity (Wildman–Crippen MR) is 69.3 cm³/mol. The highest BCUT2D eigenvalue weighted by molar-refractivity contribution is 6.31. The van der Waals surface area contributed by atoms with Crippen LogP contribution in [0.2, 0.25) is 5.02 Å². The van der Waals surface area contributed by atoms with Crippen LogP contribution in [0, 0.1) is 5.92 Å². The van der Waals surface area contributed by atoms with Crippen LogP contribution in [-0.2, 0) is 4.79 Å². The highest BCUT2D eigenvalue weighted by Crippen LogP contribution is 2.30. The van der Waals surface area contributed by atoms with Crippen LogP contribution in [0.1, 0.15) is 36.0 Å². The number of rotatable bonds is 3. The molecule has 0 spiro atoms. The Morgan fingerprint density at radius 1 is 1.33 bits per heavy atom. The minimum atomic E-state index is -0.0879. The smallest absolute Gasteiger partial charge is 0.169 e. The van der Waals surface area contributed by atoms with Crippen LogP contribution in [0.15, 0.2) is 18.2 Å². The molecule has 1 fully saturated rings. The highest BCUT2D eigenvalue weighted by Gasteiger charge is 2.27. The van der Waals surface area contributed by atoms with Crippen molar-refractivity contribution in [3.05, 3.63) is 28.8 Å². The SMILES string of the molecule is COc1ccc(Cl)cc1C(=O)C1CCC(=O)CC1. The van der Waals surface area contributed by atoms with E-state index in [2.05, 4.69) is 0 Å². The van der Waals surface area contributed by atoms with Gasteiger partial charge in [-0.15, -0.1) is 0 Å². The molecular weight excluding hydrogens is 252 g/mol. The van der Waals surface area contributed by atoms with Gasteiger partial charge in [0.25, 0.3) is 0 Å². The molecule has 0 unspecified atom stereocenters. The van der Waals surface area contributed by atoms with E-state index in [9.17, 15) is 9.59 Å². The molecule has 0 amide bonds. The number of methoxy groups -OCH3 is 1. The third-order valence-corrected chi connectivity index (χ3v) is 3.58. The maximum atomic E-state index is 12.4. The van der Waals surface area contributed by atoms with Gasteiger partial charge in [-0.1, -0.05) is 11.6 Å². The summed E-state index contributed by atoms with van der Waals surface area (Å²) in [5, 5.41) is 0.519. The summed E-state index contributed by atoms with van der Waals surface area (Å²) in [6.07, 6.45) is 2.26. The minimum Gasteiger partial charge on any atom is -0.496 e. The Morgan fingerprint density at radius 3 is 2.61 bits per heavy atom. The Hall–Kier alpha value is -1.35. The summed E-state index contributed by atoms with van der Waals surface area (Å²) in [5.74, 6) is 0.732. The van der Waals surface area contributed by atoms with E-state index in [4.69, 9.17) is 16.3 Å². The summed E-state index contributed by atoms with van der Waals surface area (Å²) in [7, 11) is 1.53. The number of carbonyl (C=O) groups is 2. The molecule has 0 N–H and O–H groups in total. The zero-order chi connectivity index (χ0) is 13.1. The summed E-state index contributed by atoms with van der Waals surface area (Å²) < 4.78 is 5.19. The van der Waals surface area contributed by atoms with Gasteiger partial charge >= 0.3 is 0 Å². The van der Waals surface area contributed by atoms with Crippen molar-refractivity contribution in [1.29, 1.82) is 0 Å². The fourth-order valence-electron chi connectivity index (χ4n) is 2.29. The maximum absolute atomic E-state index is 12.4. The second-order valence-electron chi connectivity index (χ2n) is 4.52. The van der Waals surface area contributed by atoms with Gasteiger partial charge in [0.15, 0.2) is 5.78 Å². The third-order valence-electron chi connectivity index (χ3n) is 3.34. The van der Waals surface area contributed by atoms with Crippen molar-refractivity contribution in [1.82, 2.24) is 0 Å². The molecule has 0 radical (unpaired) electrons. The largest absolute Gasteiger partial charge is 0.496 e. The lowest BCUT2D eigenvalue weighted by Crippen LogP contribution is -2.22. The Morgan fingerprint density at radius 2 is 2.00 bits per heavy atom. The lowest BCUT2D eigenvalue weighted by molar-refractivity contribution is -0.120. The fourth-order valence-corrected chi connectivity index (χ4v) is 2.47. The lowest BCUT2D eigenvalue weighted by atomic mass is 9.83. The van der Waals surface area contributed by atoms with Gasteiger partial charge in [0, 0.05) is 23.8 Å². The number of ether oxygens (including phenoxy) is 1. The molecule has 1 aromatic rings. The van der Waals surface area contributed by atoms with Crippen LogP contribution in [0.25, 0.3) is 0 Å². The van der Waals surface area contributed by atoms with E-state index < -0.39 is 0 Å². The van der Waals surface area contributed by atoms with E-state index in [1.807, 2.05) is 0 Å². The number of halogens is 1. The summed E-state index contributed by atoms with van der Waals surface area (Å²) in [4.78, 5) is 23.6. The van der Waals surface area contributed by atoms with Crippen molar-refractivity contribution < 1.29 is 14.3 Å². The van der Waals surface area contributed by atoms with E-state index in [-0.39, 0.29) is 17.5 Å². The number of hydrogen-bond acceptors (Lipinski definition) is 3. The number of benzene rings is 1. The van der Waals surface area contributed by atoms with Crippen molar-refractivity contribution in [2.24, 2.45) is 5.92 Å². The van der Waals surface area contributed by atoms with Gasteiger partial charge in [0.05, 0.1) is 12.7 Å². The van der Waals surface area contributed by atoms with Gasteiger partial charge < -0.3 is 4.74 Å². The molecule has 0 atom stereocenters. The van der Waals surface area contributed by atoms with E-state index in [1.54, 1.807) is 18.2 Å². The van der Waals surface area contributed by atoms with E-state index >= 15 is 0 Å². The quantitative estimate of drug-likeness (QED) is 0.789. The molecule has 0 aliphatic heterocycles. The first-order valence-corrected chi connectivity index (χ1v) is 6.39. The zero-order valence-electron chi connectivity index (χ0n) is 10.2. The Balaban J connectivity index is 2.22. The predicted octanol–water partition coefficient (Wildman–Crippen LogP) is 3.29. The van der Waals surface area contributed by atoms with Crippen molar-refractivity contribution in [2.75, 3.05) is 7.11 Å². The zero-order valence-corrected chi connectivity index (χ0v) is 11.0. The molecule has 1 aromatic carbocycles. The number of hydrogen-bond donors (Lipinski definition) is 0. The molecule has 2 rings (SSSR count). The van der Waals surface area contributed by atoms with Crippen LogP contribution in [0.3, 0.4) is 0 Å². The van der Waals surface area contributed by atoms with Gasteiger partial charge in [-0.25, -0.2) is 0 Å². The van der Waals surface area contributed by atoms with Crippen molar-refractivity contribution in [2.45, 2.75) is 25.7 Å². The molecule has 0 aromatic heterocycles. The molecule has 1 aliphatic rings. The molecular formula is C14H15ClO3. The fraction of sp³-hybridized carbons (Fsp3) is 0.429. The Bertz CT molecular complexity index is 472. The summed E-state index contributed by atoms with van der Waals surface area (Å²) >= 11 is 5.92. The summed E-state index contributed by atoms with van der Waals surface area (Å²) in [5.41, 5.74) is 0.518. The molecule has 4 heteroatoms. The average molecular weight is 267 g/mol. The van der Waals surface area contributed by atoms with E-state index in [0.29, 0.717) is 42.0 Å². The van der Waals surface area contributed by atoms with Crippen LogP contribution in [-0.4, -0.2) is 18.7 Å². The second kappa shape index (κ2) is 5.53. The molecule has 3 nitrogen and oxygen atoms in total. The molecule has 0 saturated heterocycles. The third kappa shape index (κ3) is 2.72. The van der Waals surface area contributed by atoms with Crippen molar-refractivity contribution >= 4 is 23.2 Å². The lowest BCUT2D eigenvalue weighted by Gasteiger charge is -2.20. The molecule has 1 saturated carbocycles.